The molecule has 2 aromatic rings. The molecule has 1 N–H and O–H groups in total. The van der Waals surface area contributed by atoms with Crippen molar-refractivity contribution >= 4 is 11.9 Å². The van der Waals surface area contributed by atoms with Crippen molar-refractivity contribution in [2.24, 2.45) is 0 Å². The van der Waals surface area contributed by atoms with Gasteiger partial charge in [-0.05, 0) is 30.0 Å². The average molecular weight is 377 g/mol. The highest BCUT2D eigenvalue weighted by Gasteiger charge is 2.47. The third-order valence-corrected chi connectivity index (χ3v) is 5.82. The zero-order chi connectivity index (χ0) is 19.7. The van der Waals surface area contributed by atoms with Crippen LogP contribution in [0, 0.1) is 6.92 Å². The van der Waals surface area contributed by atoms with Crippen LogP contribution >= 0.6 is 0 Å². The zero-order valence-electron chi connectivity index (χ0n) is 16.5. The van der Waals surface area contributed by atoms with Crippen molar-refractivity contribution in [3.63, 3.8) is 0 Å². The fraction of sp³-hybridized carbons (Fsp3) is 0.391. The number of hydrogen-bond acceptors (Lipinski definition) is 2. The van der Waals surface area contributed by atoms with Gasteiger partial charge >= 0.3 is 6.03 Å². The maximum atomic E-state index is 12.4. The van der Waals surface area contributed by atoms with Crippen LogP contribution in [0.15, 0.2) is 48.5 Å². The molecule has 0 bridgehead atoms. The van der Waals surface area contributed by atoms with Crippen LogP contribution in [0.5, 0.6) is 0 Å². The van der Waals surface area contributed by atoms with Crippen molar-refractivity contribution < 1.29 is 9.59 Å². The number of benzene rings is 2. The Balaban J connectivity index is 1.47. The minimum atomic E-state index is -0.129. The lowest BCUT2D eigenvalue weighted by molar-refractivity contribution is -0.147. The van der Waals surface area contributed by atoms with E-state index in [0.29, 0.717) is 13.1 Å². The minimum absolute atomic E-state index is 0.0514. The Morgan fingerprint density at radius 1 is 1.11 bits per heavy atom. The van der Waals surface area contributed by atoms with Crippen molar-refractivity contribution in [1.29, 1.82) is 0 Å². The molecule has 0 spiro atoms. The maximum Gasteiger partial charge on any atom is 0.317 e. The number of amides is 3. The van der Waals surface area contributed by atoms with Gasteiger partial charge < -0.3 is 15.1 Å². The summed E-state index contributed by atoms with van der Waals surface area (Å²) >= 11 is 0. The van der Waals surface area contributed by atoms with Crippen molar-refractivity contribution in [1.82, 2.24) is 15.1 Å². The summed E-state index contributed by atoms with van der Waals surface area (Å²) in [6.45, 7) is 6.30. The number of urea groups is 1. The molecule has 3 amide bonds. The molecule has 0 unspecified atom stereocenters. The van der Waals surface area contributed by atoms with Gasteiger partial charge in [0.25, 0.3) is 0 Å². The molecule has 0 aliphatic carbocycles. The molecule has 0 saturated carbocycles. The van der Waals surface area contributed by atoms with Crippen LogP contribution in [0.3, 0.4) is 0 Å². The molecule has 5 nitrogen and oxygen atoms in total. The van der Waals surface area contributed by atoms with E-state index in [-0.39, 0.29) is 30.4 Å². The first-order valence-corrected chi connectivity index (χ1v) is 10.1. The van der Waals surface area contributed by atoms with Crippen LogP contribution in [-0.2, 0) is 4.79 Å². The fourth-order valence-corrected chi connectivity index (χ4v) is 4.18. The second-order valence-corrected chi connectivity index (χ2v) is 7.82. The van der Waals surface area contributed by atoms with E-state index < -0.39 is 0 Å². The zero-order valence-corrected chi connectivity index (χ0v) is 16.5. The van der Waals surface area contributed by atoms with Crippen LogP contribution < -0.4 is 5.32 Å². The van der Waals surface area contributed by atoms with Crippen molar-refractivity contribution in [3.05, 3.63) is 59.7 Å². The summed E-state index contributed by atoms with van der Waals surface area (Å²) in [7, 11) is 0. The number of piperazine rings is 1. The molecule has 28 heavy (non-hydrogen) atoms. The normalized spacial score (nSPS) is 21.1. The predicted molar refractivity (Wildman–Crippen MR) is 110 cm³/mol. The third kappa shape index (κ3) is 3.49. The van der Waals surface area contributed by atoms with Gasteiger partial charge in [0, 0.05) is 25.6 Å². The second kappa shape index (κ2) is 7.66. The van der Waals surface area contributed by atoms with Gasteiger partial charge in [-0.15, -0.1) is 0 Å². The minimum Gasteiger partial charge on any atom is -0.338 e. The molecule has 2 fully saturated rings. The molecule has 2 atom stereocenters. The van der Waals surface area contributed by atoms with Crippen molar-refractivity contribution in [2.45, 2.75) is 32.2 Å². The quantitative estimate of drug-likeness (QED) is 0.888. The lowest BCUT2D eigenvalue weighted by Crippen LogP contribution is -2.68. The van der Waals surface area contributed by atoms with Crippen molar-refractivity contribution in [2.75, 3.05) is 26.2 Å². The van der Waals surface area contributed by atoms with E-state index in [9.17, 15) is 9.59 Å². The Morgan fingerprint density at radius 2 is 1.89 bits per heavy atom. The van der Waals surface area contributed by atoms with Crippen LogP contribution in [0.2, 0.25) is 0 Å². The van der Waals surface area contributed by atoms with E-state index in [4.69, 9.17) is 0 Å². The molecule has 2 aromatic carbocycles. The SMILES string of the molecule is CCCNC(=O)N1CC(=O)N2C[C@H](c3ccc(-c4cccc(C)c4)cc3)[C@@H]2C1. The molecule has 2 aliphatic rings. The molecule has 2 aliphatic heterocycles. The van der Waals surface area contributed by atoms with E-state index in [0.717, 1.165) is 13.0 Å². The predicted octanol–water partition coefficient (Wildman–Crippen LogP) is 3.39. The van der Waals surface area contributed by atoms with Gasteiger partial charge in [0.1, 0.15) is 6.54 Å². The number of aryl methyl sites for hydroxylation is 1. The molecule has 5 heteroatoms. The van der Waals surface area contributed by atoms with Gasteiger partial charge in [-0.3, -0.25) is 4.79 Å². The molecule has 4 rings (SSSR count). The molecule has 0 aromatic heterocycles. The van der Waals surface area contributed by atoms with E-state index in [1.807, 2.05) is 11.8 Å². The van der Waals surface area contributed by atoms with Crippen LogP contribution in [0.25, 0.3) is 11.1 Å². The first-order chi connectivity index (χ1) is 13.6. The summed E-state index contributed by atoms with van der Waals surface area (Å²) in [6, 6.07) is 17.1. The van der Waals surface area contributed by atoms with Gasteiger partial charge in [0.15, 0.2) is 0 Å². The summed E-state index contributed by atoms with van der Waals surface area (Å²) in [6.07, 6.45) is 0.888. The first kappa shape index (κ1) is 18.5. The first-order valence-electron chi connectivity index (χ1n) is 10.1. The molecule has 0 radical (unpaired) electrons. The molecular weight excluding hydrogens is 350 g/mol. The topological polar surface area (TPSA) is 52.7 Å². The summed E-state index contributed by atoms with van der Waals surface area (Å²) in [5.41, 5.74) is 4.90. The van der Waals surface area contributed by atoms with E-state index in [1.54, 1.807) is 4.90 Å². The molecule has 2 saturated heterocycles. The third-order valence-electron chi connectivity index (χ3n) is 5.82. The Bertz CT molecular complexity index is 878. The van der Waals surface area contributed by atoms with Crippen LogP contribution in [0.4, 0.5) is 4.79 Å². The van der Waals surface area contributed by atoms with Gasteiger partial charge in [-0.25, -0.2) is 4.79 Å². The maximum absolute atomic E-state index is 12.4. The number of carbonyl (C=O) groups is 2. The number of hydrogen-bond donors (Lipinski definition) is 1. The van der Waals surface area contributed by atoms with Crippen molar-refractivity contribution in [3.8, 4) is 11.1 Å². The summed E-state index contributed by atoms with van der Waals surface area (Å²) in [5, 5.41) is 2.88. The van der Waals surface area contributed by atoms with Crippen LogP contribution in [0.1, 0.15) is 30.4 Å². The highest BCUT2D eigenvalue weighted by atomic mass is 16.2. The molecular formula is C23H27N3O2. The standard InChI is InChI=1S/C23H27N3O2/c1-3-11-24-23(28)25-14-21-20(13-26(21)22(27)15-25)18-9-7-17(8-10-18)19-6-4-5-16(2)12-19/h4-10,12,20-21H,3,11,13-15H2,1-2H3,(H,24,28)/t20-,21+/m1/s1. The Morgan fingerprint density at radius 3 is 2.61 bits per heavy atom. The van der Waals surface area contributed by atoms with Gasteiger partial charge in [-0.2, -0.15) is 0 Å². The largest absolute Gasteiger partial charge is 0.338 e. The Hall–Kier alpha value is -2.82. The number of fused-ring (bicyclic) bond motifs is 1. The number of nitrogens with zero attached hydrogens (tertiary/aromatic N) is 2. The van der Waals surface area contributed by atoms with Gasteiger partial charge in [0.05, 0.1) is 6.04 Å². The van der Waals surface area contributed by atoms with E-state index in [2.05, 4.69) is 60.8 Å². The summed E-state index contributed by atoms with van der Waals surface area (Å²) < 4.78 is 0. The molecule has 146 valence electrons. The summed E-state index contributed by atoms with van der Waals surface area (Å²) in [5.74, 6) is 0.341. The molecule has 2 heterocycles. The average Bonchev–Trinajstić information content (AvgIpc) is 2.68. The number of carbonyl (C=O) groups excluding carboxylic acids is 2. The lowest BCUT2D eigenvalue weighted by Gasteiger charge is -2.53. The fourth-order valence-electron chi connectivity index (χ4n) is 4.18. The summed E-state index contributed by atoms with van der Waals surface area (Å²) in [4.78, 5) is 28.3. The second-order valence-electron chi connectivity index (χ2n) is 7.82. The monoisotopic (exact) mass is 377 g/mol. The van der Waals surface area contributed by atoms with E-state index in [1.165, 1.54) is 22.3 Å². The Kier molecular flexibility index (Phi) is 5.07. The van der Waals surface area contributed by atoms with Crippen LogP contribution in [-0.4, -0.2) is 54.0 Å². The Labute approximate surface area is 166 Å². The number of rotatable bonds is 4. The van der Waals surface area contributed by atoms with E-state index >= 15 is 0 Å². The lowest BCUT2D eigenvalue weighted by atomic mass is 9.80. The highest BCUT2D eigenvalue weighted by Crippen LogP contribution is 2.37. The van der Waals surface area contributed by atoms with Gasteiger partial charge in [-0.1, -0.05) is 61.0 Å². The van der Waals surface area contributed by atoms with Gasteiger partial charge in [0.2, 0.25) is 5.91 Å². The highest BCUT2D eigenvalue weighted by molar-refractivity contribution is 5.86. The smallest absolute Gasteiger partial charge is 0.317 e. The number of nitrogens with one attached hydrogen (secondary N) is 1.